The molecule has 2 aromatic carbocycles. The summed E-state index contributed by atoms with van der Waals surface area (Å²) in [7, 11) is 0. The van der Waals surface area contributed by atoms with E-state index in [1.54, 1.807) is 12.1 Å². The zero-order chi connectivity index (χ0) is 15.6. The normalized spacial score (nSPS) is 10.2. The molecule has 0 aliphatic carbocycles. The number of nitrogens with one attached hydrogen (secondary N) is 1. The number of anilines is 1. The summed E-state index contributed by atoms with van der Waals surface area (Å²) in [4.78, 5) is 23.4. The van der Waals surface area contributed by atoms with Crippen molar-refractivity contribution in [2.24, 2.45) is 5.73 Å². The maximum Gasteiger partial charge on any atom is 0.257 e. The summed E-state index contributed by atoms with van der Waals surface area (Å²) < 4.78 is 13.4. The van der Waals surface area contributed by atoms with E-state index in [1.165, 1.54) is 12.1 Å². The molecule has 108 valence electrons. The highest BCUT2D eigenvalue weighted by Gasteiger charge is 2.16. The van der Waals surface area contributed by atoms with Gasteiger partial charge in [-0.3, -0.25) is 9.59 Å². The summed E-state index contributed by atoms with van der Waals surface area (Å²) in [6.45, 7) is 0. The van der Waals surface area contributed by atoms with E-state index >= 15 is 0 Å². The summed E-state index contributed by atoms with van der Waals surface area (Å²) in [5.41, 5.74) is 5.46. The van der Waals surface area contributed by atoms with Gasteiger partial charge in [-0.25, -0.2) is 4.39 Å². The van der Waals surface area contributed by atoms with E-state index in [2.05, 4.69) is 5.32 Å². The minimum Gasteiger partial charge on any atom is -0.366 e. The molecule has 0 saturated heterocycles. The number of para-hydroxylation sites is 1. The zero-order valence-electron chi connectivity index (χ0n) is 10.5. The van der Waals surface area contributed by atoms with E-state index < -0.39 is 17.6 Å². The van der Waals surface area contributed by atoms with Gasteiger partial charge in [0.15, 0.2) is 0 Å². The van der Waals surface area contributed by atoms with Gasteiger partial charge in [0.05, 0.1) is 26.9 Å². The van der Waals surface area contributed by atoms with E-state index in [1.807, 2.05) is 0 Å². The monoisotopic (exact) mass is 326 g/mol. The minimum atomic E-state index is -0.769. The molecular weight excluding hydrogens is 318 g/mol. The largest absolute Gasteiger partial charge is 0.366 e. The van der Waals surface area contributed by atoms with Crippen molar-refractivity contribution in [1.82, 2.24) is 0 Å². The topological polar surface area (TPSA) is 72.2 Å². The Hall–Kier alpha value is -2.11. The number of primary amides is 1. The summed E-state index contributed by atoms with van der Waals surface area (Å²) in [6, 6.07) is 8.23. The van der Waals surface area contributed by atoms with Gasteiger partial charge in [-0.15, -0.1) is 0 Å². The molecular formula is C14H9Cl2FN2O2. The molecule has 21 heavy (non-hydrogen) atoms. The lowest BCUT2D eigenvalue weighted by Crippen LogP contribution is -2.18. The molecule has 0 fully saturated rings. The van der Waals surface area contributed by atoms with Gasteiger partial charge < -0.3 is 11.1 Å². The van der Waals surface area contributed by atoms with Gasteiger partial charge in [0, 0.05) is 0 Å². The van der Waals surface area contributed by atoms with Crippen molar-refractivity contribution in [3.8, 4) is 0 Å². The molecule has 3 N–H and O–H groups in total. The number of carbonyl (C=O) groups is 2. The first-order chi connectivity index (χ1) is 9.90. The van der Waals surface area contributed by atoms with Crippen molar-refractivity contribution >= 4 is 40.7 Å². The lowest BCUT2D eigenvalue weighted by Gasteiger charge is -2.10. The van der Waals surface area contributed by atoms with Crippen molar-refractivity contribution in [1.29, 1.82) is 0 Å². The van der Waals surface area contributed by atoms with E-state index in [0.29, 0.717) is 0 Å². The molecule has 0 radical (unpaired) electrons. The third-order valence-electron chi connectivity index (χ3n) is 2.70. The molecule has 0 atom stereocenters. The first kappa shape index (κ1) is 15.3. The maximum absolute atomic E-state index is 13.4. The Morgan fingerprint density at radius 2 is 1.71 bits per heavy atom. The Balaban J connectivity index is 2.35. The molecule has 2 rings (SSSR count). The number of nitrogens with two attached hydrogens (primary N) is 1. The van der Waals surface area contributed by atoms with Gasteiger partial charge in [-0.2, -0.15) is 0 Å². The van der Waals surface area contributed by atoms with Crippen LogP contribution in [0.2, 0.25) is 10.0 Å². The molecule has 0 aromatic heterocycles. The number of amides is 2. The van der Waals surface area contributed by atoms with Gasteiger partial charge >= 0.3 is 0 Å². The summed E-state index contributed by atoms with van der Waals surface area (Å²) in [5, 5.41) is 2.27. The Morgan fingerprint density at radius 3 is 2.38 bits per heavy atom. The van der Waals surface area contributed by atoms with Crippen LogP contribution in [-0.4, -0.2) is 11.8 Å². The number of hydrogen-bond donors (Lipinski definition) is 2. The average Bonchev–Trinajstić information content (AvgIpc) is 2.43. The summed E-state index contributed by atoms with van der Waals surface area (Å²) in [5.74, 6) is -2.14. The van der Waals surface area contributed by atoms with E-state index in [-0.39, 0.29) is 26.9 Å². The van der Waals surface area contributed by atoms with Gasteiger partial charge in [-0.1, -0.05) is 35.3 Å². The zero-order valence-corrected chi connectivity index (χ0v) is 12.0. The fraction of sp³-hybridized carbons (Fsp3) is 0. The second kappa shape index (κ2) is 6.11. The van der Waals surface area contributed by atoms with Gasteiger partial charge in [0.1, 0.15) is 5.82 Å². The predicted octanol–water partition coefficient (Wildman–Crippen LogP) is 3.48. The second-order valence-corrected chi connectivity index (χ2v) is 4.92. The van der Waals surface area contributed by atoms with Gasteiger partial charge in [-0.05, 0) is 24.3 Å². The maximum atomic E-state index is 13.4. The van der Waals surface area contributed by atoms with E-state index in [9.17, 15) is 14.0 Å². The third kappa shape index (κ3) is 3.32. The highest BCUT2D eigenvalue weighted by Crippen LogP contribution is 2.25. The Morgan fingerprint density at radius 1 is 1.05 bits per heavy atom. The smallest absolute Gasteiger partial charge is 0.257 e. The summed E-state index contributed by atoms with van der Waals surface area (Å²) in [6.07, 6.45) is 0. The number of halogens is 3. The second-order valence-electron chi connectivity index (χ2n) is 4.11. The summed E-state index contributed by atoms with van der Waals surface area (Å²) >= 11 is 11.4. The van der Waals surface area contributed by atoms with Crippen molar-refractivity contribution in [2.75, 3.05) is 5.32 Å². The number of hydrogen-bond acceptors (Lipinski definition) is 2. The van der Waals surface area contributed by atoms with Crippen LogP contribution >= 0.6 is 23.2 Å². The Labute approximate surface area is 129 Å². The molecule has 2 aromatic rings. The fourth-order valence-electron chi connectivity index (χ4n) is 1.69. The van der Waals surface area contributed by atoms with Crippen molar-refractivity contribution in [3.05, 3.63) is 63.4 Å². The highest BCUT2D eigenvalue weighted by atomic mass is 35.5. The highest BCUT2D eigenvalue weighted by molar-refractivity contribution is 6.37. The lowest BCUT2D eigenvalue weighted by molar-refractivity contribution is 0.100. The third-order valence-corrected chi connectivity index (χ3v) is 3.30. The van der Waals surface area contributed by atoms with E-state index in [0.717, 1.165) is 12.1 Å². The molecule has 0 saturated carbocycles. The molecule has 2 amide bonds. The van der Waals surface area contributed by atoms with Crippen LogP contribution in [0.4, 0.5) is 10.1 Å². The molecule has 0 aliphatic rings. The molecule has 0 unspecified atom stereocenters. The average molecular weight is 327 g/mol. The molecule has 0 aliphatic heterocycles. The lowest BCUT2D eigenvalue weighted by atomic mass is 10.1. The van der Waals surface area contributed by atoms with Crippen molar-refractivity contribution in [2.45, 2.75) is 0 Å². The molecule has 7 heteroatoms. The predicted molar refractivity (Wildman–Crippen MR) is 79.3 cm³/mol. The Bertz CT molecular complexity index is 735. The van der Waals surface area contributed by atoms with Crippen LogP contribution in [0.5, 0.6) is 0 Å². The van der Waals surface area contributed by atoms with Crippen molar-refractivity contribution in [3.63, 3.8) is 0 Å². The first-order valence-electron chi connectivity index (χ1n) is 5.75. The quantitative estimate of drug-likeness (QED) is 0.847. The Kier molecular flexibility index (Phi) is 4.45. The van der Waals surface area contributed by atoms with E-state index in [4.69, 9.17) is 28.9 Å². The van der Waals surface area contributed by atoms with Crippen LogP contribution in [0, 0.1) is 5.82 Å². The first-order valence-corrected chi connectivity index (χ1v) is 6.50. The van der Waals surface area contributed by atoms with Crippen LogP contribution in [0.3, 0.4) is 0 Å². The van der Waals surface area contributed by atoms with Crippen LogP contribution in [0.1, 0.15) is 20.7 Å². The standard InChI is InChI=1S/C14H9Cl2FN2O2/c15-9-6-10(16)11(17)5-8(9)14(21)19-12-4-2-1-3-7(12)13(18)20/h1-6H,(H2,18,20)(H,19,21). The number of carbonyl (C=O) groups excluding carboxylic acids is 2. The van der Waals surface area contributed by atoms with Crippen LogP contribution in [0.15, 0.2) is 36.4 Å². The SMILES string of the molecule is NC(=O)c1ccccc1NC(=O)c1cc(F)c(Cl)cc1Cl. The molecule has 4 nitrogen and oxygen atoms in total. The van der Waals surface area contributed by atoms with Crippen LogP contribution in [0.25, 0.3) is 0 Å². The van der Waals surface area contributed by atoms with Gasteiger partial charge in [0.2, 0.25) is 0 Å². The van der Waals surface area contributed by atoms with Crippen LogP contribution in [-0.2, 0) is 0 Å². The van der Waals surface area contributed by atoms with Crippen molar-refractivity contribution < 1.29 is 14.0 Å². The van der Waals surface area contributed by atoms with Crippen LogP contribution < -0.4 is 11.1 Å². The van der Waals surface area contributed by atoms with Gasteiger partial charge in [0.25, 0.3) is 11.8 Å². The molecule has 0 spiro atoms. The number of benzene rings is 2. The minimum absolute atomic E-state index is 0.00421. The fourth-order valence-corrected chi connectivity index (χ4v) is 2.16. The molecule has 0 bridgehead atoms. The number of rotatable bonds is 3. The molecule has 0 heterocycles.